The van der Waals surface area contributed by atoms with Crippen molar-refractivity contribution >= 4 is 5.95 Å². The van der Waals surface area contributed by atoms with E-state index >= 15 is 0 Å². The molecular weight excluding hydrogens is 214 g/mol. The van der Waals surface area contributed by atoms with Crippen LogP contribution in [0.1, 0.15) is 5.56 Å². The summed E-state index contributed by atoms with van der Waals surface area (Å²) in [5, 5.41) is 9.04. The maximum absolute atomic E-state index is 9.04. The molecule has 0 aliphatic carbocycles. The minimum Gasteiger partial charge on any atom is -0.347 e. The van der Waals surface area contributed by atoms with Crippen molar-refractivity contribution in [3.05, 3.63) is 36.2 Å². The van der Waals surface area contributed by atoms with Gasteiger partial charge < -0.3 is 4.90 Å². The summed E-state index contributed by atoms with van der Waals surface area (Å²) in [4.78, 5) is 14.4. The van der Waals surface area contributed by atoms with Crippen LogP contribution < -0.4 is 4.90 Å². The first kappa shape index (κ1) is 11.0. The summed E-state index contributed by atoms with van der Waals surface area (Å²) in [6.07, 6.45) is 3.19. The van der Waals surface area contributed by atoms with E-state index in [0.717, 1.165) is 0 Å². The minimum absolute atomic E-state index is 0.425. The third kappa shape index (κ3) is 2.21. The van der Waals surface area contributed by atoms with Crippen molar-refractivity contribution in [2.45, 2.75) is 0 Å². The van der Waals surface area contributed by atoms with E-state index in [1.165, 1.54) is 6.20 Å². The van der Waals surface area contributed by atoms with Crippen LogP contribution in [0, 0.1) is 11.3 Å². The smallest absolute Gasteiger partial charge is 0.225 e. The molecule has 2 rings (SSSR count). The lowest BCUT2D eigenvalue weighted by Gasteiger charge is -2.11. The number of nitrogens with zero attached hydrogens (tertiary/aromatic N) is 5. The van der Waals surface area contributed by atoms with E-state index in [1.807, 2.05) is 32.3 Å². The summed E-state index contributed by atoms with van der Waals surface area (Å²) in [6, 6.07) is 7.58. The second-order valence-electron chi connectivity index (χ2n) is 3.65. The van der Waals surface area contributed by atoms with Gasteiger partial charge in [-0.25, -0.2) is 9.97 Å². The van der Waals surface area contributed by atoms with E-state index in [-0.39, 0.29) is 0 Å². The summed E-state index contributed by atoms with van der Waals surface area (Å²) in [5.74, 6) is 0.560. The fraction of sp³-hybridized carbons (Fsp3) is 0.167. The van der Waals surface area contributed by atoms with Crippen LogP contribution in [-0.4, -0.2) is 29.0 Å². The molecule has 5 heteroatoms. The molecule has 84 valence electrons. The van der Waals surface area contributed by atoms with Crippen molar-refractivity contribution in [2.24, 2.45) is 0 Å². The predicted octanol–water partition coefficient (Wildman–Crippen LogP) is 1.48. The summed E-state index contributed by atoms with van der Waals surface area (Å²) >= 11 is 0. The lowest BCUT2D eigenvalue weighted by atomic mass is 10.2. The standard InChI is InChI=1S/C12H11N5/c1-17(2)12-15-8-9(7-13)11(16-12)10-5-3-4-6-14-10/h3-6,8H,1-2H3. The van der Waals surface area contributed by atoms with Gasteiger partial charge in [0.15, 0.2) is 0 Å². The van der Waals surface area contributed by atoms with Gasteiger partial charge in [0.1, 0.15) is 11.8 Å². The highest BCUT2D eigenvalue weighted by molar-refractivity contribution is 5.63. The van der Waals surface area contributed by atoms with Gasteiger partial charge in [-0.15, -0.1) is 0 Å². The van der Waals surface area contributed by atoms with Crippen molar-refractivity contribution in [3.63, 3.8) is 0 Å². The number of rotatable bonds is 2. The Morgan fingerprint density at radius 2 is 2.06 bits per heavy atom. The molecule has 0 N–H and O–H groups in total. The van der Waals surface area contributed by atoms with Crippen LogP contribution in [0.2, 0.25) is 0 Å². The molecule has 2 aromatic heterocycles. The molecule has 0 fully saturated rings. The minimum atomic E-state index is 0.425. The zero-order valence-electron chi connectivity index (χ0n) is 9.62. The summed E-state index contributed by atoms with van der Waals surface area (Å²) in [5.41, 5.74) is 1.66. The van der Waals surface area contributed by atoms with Gasteiger partial charge in [-0.1, -0.05) is 6.07 Å². The van der Waals surface area contributed by atoms with Gasteiger partial charge in [0.2, 0.25) is 5.95 Å². The number of nitriles is 1. The number of aromatic nitrogens is 3. The quantitative estimate of drug-likeness (QED) is 0.774. The molecule has 17 heavy (non-hydrogen) atoms. The van der Waals surface area contributed by atoms with Gasteiger partial charge in [-0.3, -0.25) is 4.98 Å². The molecule has 0 atom stereocenters. The summed E-state index contributed by atoms with van der Waals surface area (Å²) < 4.78 is 0. The van der Waals surface area contributed by atoms with Gasteiger partial charge in [0, 0.05) is 20.3 Å². The fourth-order valence-corrected chi connectivity index (χ4v) is 1.37. The highest BCUT2D eigenvalue weighted by Gasteiger charge is 2.10. The van der Waals surface area contributed by atoms with E-state index in [4.69, 9.17) is 5.26 Å². The molecular formula is C12H11N5. The number of hydrogen-bond acceptors (Lipinski definition) is 5. The molecule has 2 heterocycles. The lowest BCUT2D eigenvalue weighted by molar-refractivity contribution is 0.994. The molecule has 2 aromatic rings. The molecule has 0 saturated heterocycles. The average molecular weight is 225 g/mol. The molecule has 0 bridgehead atoms. The second kappa shape index (κ2) is 4.58. The SMILES string of the molecule is CN(C)c1ncc(C#N)c(-c2ccccn2)n1. The summed E-state index contributed by atoms with van der Waals surface area (Å²) in [6.45, 7) is 0. The molecule has 0 aromatic carbocycles. The van der Waals surface area contributed by atoms with Crippen molar-refractivity contribution in [2.75, 3.05) is 19.0 Å². The first-order valence-electron chi connectivity index (χ1n) is 5.08. The molecule has 0 radical (unpaired) electrons. The number of anilines is 1. The van der Waals surface area contributed by atoms with Crippen LogP contribution in [-0.2, 0) is 0 Å². The third-order valence-electron chi connectivity index (χ3n) is 2.20. The van der Waals surface area contributed by atoms with E-state index in [9.17, 15) is 0 Å². The van der Waals surface area contributed by atoms with Crippen LogP contribution in [0.3, 0.4) is 0 Å². The van der Waals surface area contributed by atoms with Crippen LogP contribution in [0.5, 0.6) is 0 Å². The average Bonchev–Trinajstić information content (AvgIpc) is 2.39. The van der Waals surface area contributed by atoms with Gasteiger partial charge in [-0.2, -0.15) is 5.26 Å². The molecule has 0 spiro atoms. The third-order valence-corrected chi connectivity index (χ3v) is 2.20. The van der Waals surface area contributed by atoms with E-state index in [2.05, 4.69) is 21.0 Å². The Labute approximate surface area is 99.4 Å². The van der Waals surface area contributed by atoms with Crippen LogP contribution in [0.4, 0.5) is 5.95 Å². The lowest BCUT2D eigenvalue weighted by Crippen LogP contribution is -2.13. The Hall–Kier alpha value is -2.48. The molecule has 0 unspecified atom stereocenters. The van der Waals surface area contributed by atoms with Gasteiger partial charge in [-0.05, 0) is 12.1 Å². The number of pyridine rings is 1. The molecule has 0 aliphatic heterocycles. The Morgan fingerprint density at radius 1 is 1.24 bits per heavy atom. The Kier molecular flexibility index (Phi) is 2.97. The first-order valence-corrected chi connectivity index (χ1v) is 5.08. The zero-order chi connectivity index (χ0) is 12.3. The van der Waals surface area contributed by atoms with E-state index in [1.54, 1.807) is 11.1 Å². The number of hydrogen-bond donors (Lipinski definition) is 0. The maximum atomic E-state index is 9.04. The Balaban J connectivity index is 2.59. The van der Waals surface area contributed by atoms with E-state index < -0.39 is 0 Å². The Morgan fingerprint density at radius 3 is 2.65 bits per heavy atom. The molecule has 0 saturated carbocycles. The van der Waals surface area contributed by atoms with Crippen molar-refractivity contribution in [1.82, 2.24) is 15.0 Å². The van der Waals surface area contributed by atoms with Crippen molar-refractivity contribution in [1.29, 1.82) is 5.26 Å². The normalized spacial score (nSPS) is 9.71. The molecule has 5 nitrogen and oxygen atoms in total. The van der Waals surface area contributed by atoms with Crippen LogP contribution in [0.25, 0.3) is 11.4 Å². The van der Waals surface area contributed by atoms with Crippen LogP contribution in [0.15, 0.2) is 30.6 Å². The predicted molar refractivity (Wildman–Crippen MR) is 64.3 cm³/mol. The van der Waals surface area contributed by atoms with Gasteiger partial charge in [0.25, 0.3) is 0 Å². The summed E-state index contributed by atoms with van der Waals surface area (Å²) in [7, 11) is 3.70. The zero-order valence-corrected chi connectivity index (χ0v) is 9.62. The first-order chi connectivity index (χ1) is 8.22. The second-order valence-corrected chi connectivity index (χ2v) is 3.65. The van der Waals surface area contributed by atoms with Gasteiger partial charge >= 0.3 is 0 Å². The van der Waals surface area contributed by atoms with Gasteiger partial charge in [0.05, 0.1) is 17.5 Å². The van der Waals surface area contributed by atoms with Crippen LogP contribution >= 0.6 is 0 Å². The highest BCUT2D eigenvalue weighted by Crippen LogP contribution is 2.19. The van der Waals surface area contributed by atoms with E-state index in [0.29, 0.717) is 22.9 Å². The maximum Gasteiger partial charge on any atom is 0.225 e. The van der Waals surface area contributed by atoms with Crippen molar-refractivity contribution < 1.29 is 0 Å². The van der Waals surface area contributed by atoms with Crippen molar-refractivity contribution in [3.8, 4) is 17.5 Å². The topological polar surface area (TPSA) is 65.7 Å². The highest BCUT2D eigenvalue weighted by atomic mass is 15.2. The molecule has 0 amide bonds. The Bertz CT molecular complexity index is 557. The molecule has 0 aliphatic rings. The fourth-order valence-electron chi connectivity index (χ4n) is 1.37. The monoisotopic (exact) mass is 225 g/mol. The largest absolute Gasteiger partial charge is 0.347 e.